The molecule has 0 radical (unpaired) electrons. The number of benzene rings is 2. The van der Waals surface area contributed by atoms with Crippen LogP contribution in [0.25, 0.3) is 21.9 Å². The van der Waals surface area contributed by atoms with Crippen molar-refractivity contribution >= 4 is 39.7 Å². The smallest absolute Gasteiger partial charge is 0.339 e. The number of furan rings is 1. The zero-order valence-corrected chi connectivity index (χ0v) is 20.8. The van der Waals surface area contributed by atoms with E-state index in [0.717, 1.165) is 27.5 Å². The van der Waals surface area contributed by atoms with E-state index in [0.29, 0.717) is 22.3 Å². The number of rotatable bonds is 9. The van der Waals surface area contributed by atoms with Crippen molar-refractivity contribution in [2.45, 2.75) is 46.1 Å². The van der Waals surface area contributed by atoms with Gasteiger partial charge in [-0.25, -0.2) is 4.79 Å². The van der Waals surface area contributed by atoms with Gasteiger partial charge in [-0.1, -0.05) is 30.3 Å². The Hall–Kier alpha value is -4.40. The van der Waals surface area contributed by atoms with E-state index >= 15 is 0 Å². The lowest BCUT2D eigenvalue weighted by Gasteiger charge is -2.19. The van der Waals surface area contributed by atoms with E-state index in [-0.39, 0.29) is 25.8 Å². The number of carbonyl (C=O) groups excluding carboxylic acids is 2. The van der Waals surface area contributed by atoms with Crippen LogP contribution in [0.15, 0.2) is 56.3 Å². The van der Waals surface area contributed by atoms with Gasteiger partial charge in [0.15, 0.2) is 0 Å². The molecule has 0 saturated carbocycles. The van der Waals surface area contributed by atoms with Crippen LogP contribution in [-0.2, 0) is 20.8 Å². The van der Waals surface area contributed by atoms with Crippen LogP contribution in [-0.4, -0.2) is 29.4 Å². The molecule has 0 aliphatic rings. The van der Waals surface area contributed by atoms with E-state index in [2.05, 4.69) is 10.6 Å². The Balaban J connectivity index is 1.54. The number of carboxylic acid groups (broad SMARTS) is 1. The molecule has 4 rings (SSSR count). The summed E-state index contributed by atoms with van der Waals surface area (Å²) in [5, 5.41) is 15.8. The molecule has 0 aliphatic carbocycles. The standard InChI is InChI=1S/C28H28N2O7/c1-15-14-36-25-17(3)26-21(13-20(15)25)16(2)19(28(35)37-26)9-10-22(31)30-24(18-7-5-4-6-8-18)27(34)29-12-11-23(32)33/h4-8,13-14,24H,9-12H2,1-3H3,(H,29,34)(H,30,31)(H,32,33)/t24-/m1/s1. The highest BCUT2D eigenvalue weighted by Gasteiger charge is 2.23. The molecule has 192 valence electrons. The predicted octanol–water partition coefficient (Wildman–Crippen LogP) is 3.85. The summed E-state index contributed by atoms with van der Waals surface area (Å²) in [4.78, 5) is 49.2. The van der Waals surface area contributed by atoms with Crippen molar-refractivity contribution in [2.24, 2.45) is 0 Å². The Bertz CT molecular complexity index is 1550. The van der Waals surface area contributed by atoms with Gasteiger partial charge in [-0.05, 0) is 49.9 Å². The van der Waals surface area contributed by atoms with E-state index in [4.69, 9.17) is 13.9 Å². The van der Waals surface area contributed by atoms with Gasteiger partial charge in [-0.15, -0.1) is 0 Å². The van der Waals surface area contributed by atoms with Gasteiger partial charge in [0, 0.05) is 34.9 Å². The Morgan fingerprint density at radius 2 is 1.70 bits per heavy atom. The monoisotopic (exact) mass is 504 g/mol. The third kappa shape index (κ3) is 5.40. The highest BCUT2D eigenvalue weighted by Crippen LogP contribution is 2.32. The van der Waals surface area contributed by atoms with Gasteiger partial charge in [0.1, 0.15) is 17.2 Å². The van der Waals surface area contributed by atoms with Crippen molar-refractivity contribution in [1.82, 2.24) is 10.6 Å². The zero-order chi connectivity index (χ0) is 26.7. The molecule has 3 N–H and O–H groups in total. The second-order valence-electron chi connectivity index (χ2n) is 9.01. The number of fused-ring (bicyclic) bond motifs is 2. The number of hydrogen-bond acceptors (Lipinski definition) is 6. The maximum atomic E-state index is 12.9. The maximum Gasteiger partial charge on any atom is 0.339 e. The molecule has 0 unspecified atom stereocenters. The topological polar surface area (TPSA) is 139 Å². The minimum absolute atomic E-state index is 0.0468. The van der Waals surface area contributed by atoms with Crippen molar-refractivity contribution in [2.75, 3.05) is 6.54 Å². The van der Waals surface area contributed by atoms with Crippen molar-refractivity contribution in [3.8, 4) is 0 Å². The minimum Gasteiger partial charge on any atom is -0.481 e. The number of aliphatic carboxylic acids is 1. The van der Waals surface area contributed by atoms with Crippen LogP contribution in [0.5, 0.6) is 0 Å². The fourth-order valence-corrected chi connectivity index (χ4v) is 4.42. The van der Waals surface area contributed by atoms with Crippen LogP contribution >= 0.6 is 0 Å². The molecule has 0 aliphatic heterocycles. The van der Waals surface area contributed by atoms with Gasteiger partial charge in [-0.2, -0.15) is 0 Å². The van der Waals surface area contributed by atoms with Crippen molar-refractivity contribution in [3.63, 3.8) is 0 Å². The van der Waals surface area contributed by atoms with Crippen LogP contribution in [0, 0.1) is 20.8 Å². The Labute approximate surface area is 212 Å². The molecule has 9 nitrogen and oxygen atoms in total. The molecule has 4 aromatic rings. The summed E-state index contributed by atoms with van der Waals surface area (Å²) in [6.45, 7) is 5.55. The lowest BCUT2D eigenvalue weighted by molar-refractivity contribution is -0.137. The third-order valence-electron chi connectivity index (χ3n) is 6.48. The SMILES string of the molecule is Cc1coc2c(C)c3oc(=O)c(CCC(=O)N[C@@H](C(=O)NCCC(=O)O)c4ccccc4)c(C)c3cc12. The van der Waals surface area contributed by atoms with Crippen molar-refractivity contribution < 1.29 is 28.3 Å². The number of amides is 2. The molecule has 2 aromatic heterocycles. The van der Waals surface area contributed by atoms with Crippen molar-refractivity contribution in [1.29, 1.82) is 0 Å². The molecule has 2 aromatic carbocycles. The lowest BCUT2D eigenvalue weighted by atomic mass is 9.98. The highest BCUT2D eigenvalue weighted by atomic mass is 16.4. The van der Waals surface area contributed by atoms with Crippen LogP contribution < -0.4 is 16.3 Å². The number of carboxylic acids is 1. The summed E-state index contributed by atoms with van der Waals surface area (Å²) in [7, 11) is 0. The molecule has 0 saturated heterocycles. The largest absolute Gasteiger partial charge is 0.481 e. The fraction of sp³-hybridized carbons (Fsp3) is 0.286. The Kier molecular flexibility index (Phi) is 7.42. The summed E-state index contributed by atoms with van der Waals surface area (Å²) in [6, 6.07) is 9.59. The third-order valence-corrected chi connectivity index (χ3v) is 6.48. The summed E-state index contributed by atoms with van der Waals surface area (Å²) in [6.07, 6.45) is 1.51. The highest BCUT2D eigenvalue weighted by molar-refractivity contribution is 5.99. The quantitative estimate of drug-likeness (QED) is 0.294. The van der Waals surface area contributed by atoms with Crippen LogP contribution in [0.4, 0.5) is 0 Å². The first kappa shape index (κ1) is 25.7. The molecule has 0 spiro atoms. The van der Waals surface area contributed by atoms with Gasteiger partial charge < -0.3 is 24.6 Å². The van der Waals surface area contributed by atoms with E-state index < -0.39 is 29.5 Å². The Morgan fingerprint density at radius 3 is 2.41 bits per heavy atom. The maximum absolute atomic E-state index is 12.9. The molecule has 2 amide bonds. The van der Waals surface area contributed by atoms with Crippen LogP contribution in [0.3, 0.4) is 0 Å². The average molecular weight is 505 g/mol. The zero-order valence-electron chi connectivity index (χ0n) is 20.8. The van der Waals surface area contributed by atoms with Gasteiger partial charge in [0.25, 0.3) is 0 Å². The summed E-state index contributed by atoms with van der Waals surface area (Å²) in [5.41, 5.74) is 4.01. The molecular formula is C28H28N2O7. The van der Waals surface area contributed by atoms with E-state index in [1.165, 1.54) is 0 Å². The molecular weight excluding hydrogens is 476 g/mol. The lowest BCUT2D eigenvalue weighted by Crippen LogP contribution is -2.41. The molecule has 2 heterocycles. The minimum atomic E-state index is -1.04. The number of nitrogens with one attached hydrogen (secondary N) is 2. The van der Waals surface area contributed by atoms with Gasteiger partial charge in [0.05, 0.1) is 12.7 Å². The normalized spacial score (nSPS) is 12.0. The first-order valence-corrected chi connectivity index (χ1v) is 11.9. The summed E-state index contributed by atoms with van der Waals surface area (Å²) >= 11 is 0. The van der Waals surface area contributed by atoms with E-state index in [1.54, 1.807) is 36.6 Å². The number of hydrogen-bond donors (Lipinski definition) is 3. The first-order valence-electron chi connectivity index (χ1n) is 11.9. The predicted molar refractivity (Wildman–Crippen MR) is 137 cm³/mol. The number of carbonyl (C=O) groups is 3. The second-order valence-corrected chi connectivity index (χ2v) is 9.01. The first-order chi connectivity index (χ1) is 17.7. The molecule has 0 fully saturated rings. The van der Waals surface area contributed by atoms with E-state index in [1.807, 2.05) is 26.8 Å². The summed E-state index contributed by atoms with van der Waals surface area (Å²) in [5.74, 6) is -1.99. The molecule has 37 heavy (non-hydrogen) atoms. The van der Waals surface area contributed by atoms with Gasteiger partial charge >= 0.3 is 11.6 Å². The van der Waals surface area contributed by atoms with Gasteiger partial charge in [-0.3, -0.25) is 14.4 Å². The molecule has 1 atom stereocenters. The fourth-order valence-electron chi connectivity index (χ4n) is 4.42. The molecule has 9 heteroatoms. The Morgan fingerprint density at radius 1 is 0.973 bits per heavy atom. The van der Waals surface area contributed by atoms with Gasteiger partial charge in [0.2, 0.25) is 11.8 Å². The van der Waals surface area contributed by atoms with Crippen molar-refractivity contribution in [3.05, 3.63) is 80.9 Å². The van der Waals surface area contributed by atoms with Crippen LogP contribution in [0.1, 0.15) is 46.7 Å². The molecule has 0 bridgehead atoms. The second kappa shape index (κ2) is 10.7. The van der Waals surface area contributed by atoms with Crippen LogP contribution in [0.2, 0.25) is 0 Å². The number of aryl methyl sites for hydroxylation is 3. The summed E-state index contributed by atoms with van der Waals surface area (Å²) < 4.78 is 11.3. The van der Waals surface area contributed by atoms with E-state index in [9.17, 15) is 19.2 Å². The average Bonchev–Trinajstić information content (AvgIpc) is 3.24.